The van der Waals surface area contributed by atoms with E-state index in [-0.39, 0.29) is 11.0 Å². The molecule has 0 N–H and O–H groups in total. The van der Waals surface area contributed by atoms with E-state index in [4.69, 9.17) is 0 Å². The van der Waals surface area contributed by atoms with Crippen LogP contribution in [0.1, 0.15) is 25.3 Å². The third-order valence-corrected chi connectivity index (χ3v) is 4.58. The number of ketones is 1. The highest BCUT2D eigenvalue weighted by molar-refractivity contribution is 8.00. The fourth-order valence-electron chi connectivity index (χ4n) is 2.04. The molecule has 0 aliphatic rings. The summed E-state index contributed by atoms with van der Waals surface area (Å²) >= 11 is 1.66. The third kappa shape index (κ3) is 5.60. The molecule has 1 atom stereocenters. The van der Waals surface area contributed by atoms with Gasteiger partial charge in [-0.2, -0.15) is 0 Å². The van der Waals surface area contributed by atoms with Gasteiger partial charge in [-0.1, -0.05) is 60.7 Å². The Balaban J connectivity index is 1.86. The standard InChI is InChI=1S/C19H20OS/c1-16(20)19(21-18-13-6-3-7-14-18)15-9-8-12-17-10-4-2-5-11-17/h2-8,10-14,19H,9,15H2,1H3/b12-8+. The topological polar surface area (TPSA) is 17.1 Å². The molecular formula is C19H20OS. The molecule has 0 radical (unpaired) electrons. The van der Waals surface area contributed by atoms with E-state index >= 15 is 0 Å². The third-order valence-electron chi connectivity index (χ3n) is 3.18. The maximum absolute atomic E-state index is 11.8. The number of thioether (sulfide) groups is 1. The summed E-state index contributed by atoms with van der Waals surface area (Å²) in [4.78, 5) is 12.9. The lowest BCUT2D eigenvalue weighted by atomic mass is 10.1. The van der Waals surface area contributed by atoms with Gasteiger partial charge in [-0.05, 0) is 37.5 Å². The lowest BCUT2D eigenvalue weighted by molar-refractivity contribution is -0.116. The van der Waals surface area contributed by atoms with Crippen molar-refractivity contribution in [1.82, 2.24) is 0 Å². The van der Waals surface area contributed by atoms with Gasteiger partial charge in [0.25, 0.3) is 0 Å². The zero-order valence-corrected chi connectivity index (χ0v) is 13.1. The predicted molar refractivity (Wildman–Crippen MR) is 91.5 cm³/mol. The first-order chi connectivity index (χ1) is 10.3. The van der Waals surface area contributed by atoms with E-state index in [9.17, 15) is 4.79 Å². The fourth-order valence-corrected chi connectivity index (χ4v) is 3.10. The summed E-state index contributed by atoms with van der Waals surface area (Å²) in [5.74, 6) is 0.247. The number of rotatable bonds is 7. The van der Waals surface area contributed by atoms with Crippen molar-refractivity contribution in [2.45, 2.75) is 29.9 Å². The highest BCUT2D eigenvalue weighted by atomic mass is 32.2. The number of benzene rings is 2. The van der Waals surface area contributed by atoms with Crippen molar-refractivity contribution in [3.8, 4) is 0 Å². The molecule has 1 unspecified atom stereocenters. The lowest BCUT2D eigenvalue weighted by Crippen LogP contribution is -2.12. The molecule has 0 aromatic heterocycles. The van der Waals surface area contributed by atoms with E-state index in [0.717, 1.165) is 17.7 Å². The molecule has 2 heteroatoms. The first kappa shape index (κ1) is 15.6. The largest absolute Gasteiger partial charge is 0.299 e. The number of hydrogen-bond donors (Lipinski definition) is 0. The van der Waals surface area contributed by atoms with E-state index in [1.54, 1.807) is 18.7 Å². The maximum Gasteiger partial charge on any atom is 0.143 e. The Morgan fingerprint density at radius 2 is 1.67 bits per heavy atom. The summed E-state index contributed by atoms with van der Waals surface area (Å²) in [6.45, 7) is 1.68. The molecule has 2 aromatic rings. The van der Waals surface area contributed by atoms with Crippen LogP contribution in [-0.4, -0.2) is 11.0 Å². The molecule has 0 amide bonds. The second-order valence-corrected chi connectivity index (χ2v) is 6.20. The van der Waals surface area contributed by atoms with E-state index in [1.165, 1.54) is 5.56 Å². The minimum Gasteiger partial charge on any atom is -0.299 e. The summed E-state index contributed by atoms with van der Waals surface area (Å²) in [5.41, 5.74) is 1.20. The van der Waals surface area contributed by atoms with Crippen LogP contribution in [0.2, 0.25) is 0 Å². The average molecular weight is 296 g/mol. The van der Waals surface area contributed by atoms with Gasteiger partial charge >= 0.3 is 0 Å². The Hall–Kier alpha value is -1.80. The molecule has 0 aliphatic heterocycles. The normalized spacial score (nSPS) is 12.4. The van der Waals surface area contributed by atoms with Crippen LogP contribution in [0, 0.1) is 0 Å². The van der Waals surface area contributed by atoms with Crippen LogP contribution in [0.4, 0.5) is 0 Å². The Labute approximate surface area is 131 Å². The molecule has 0 bridgehead atoms. The highest BCUT2D eigenvalue weighted by Crippen LogP contribution is 2.26. The summed E-state index contributed by atoms with van der Waals surface area (Å²) in [7, 11) is 0. The number of carbonyl (C=O) groups excluding carboxylic acids is 1. The average Bonchev–Trinajstić information content (AvgIpc) is 2.52. The Morgan fingerprint density at radius 3 is 2.29 bits per heavy atom. The number of Topliss-reactive ketones (excluding diaryl/α,β-unsaturated/α-hetero) is 1. The van der Waals surface area contributed by atoms with Gasteiger partial charge in [-0.3, -0.25) is 4.79 Å². The molecule has 0 heterocycles. The molecule has 108 valence electrons. The smallest absolute Gasteiger partial charge is 0.143 e. The summed E-state index contributed by atoms with van der Waals surface area (Å²) in [6.07, 6.45) is 6.05. The Morgan fingerprint density at radius 1 is 1.05 bits per heavy atom. The van der Waals surface area contributed by atoms with Gasteiger partial charge in [0.1, 0.15) is 5.78 Å². The molecule has 2 aromatic carbocycles. The summed E-state index contributed by atoms with van der Waals surface area (Å²) < 4.78 is 0. The molecule has 0 saturated carbocycles. The van der Waals surface area contributed by atoms with Crippen LogP contribution in [0.15, 0.2) is 71.6 Å². The predicted octanol–water partition coefficient (Wildman–Crippen LogP) is 5.23. The molecule has 2 rings (SSSR count). The molecule has 0 aliphatic carbocycles. The van der Waals surface area contributed by atoms with Gasteiger partial charge in [-0.15, -0.1) is 11.8 Å². The molecule has 0 spiro atoms. The summed E-state index contributed by atoms with van der Waals surface area (Å²) in [6, 6.07) is 20.4. The second kappa shape index (κ2) is 8.48. The van der Waals surface area contributed by atoms with Crippen molar-refractivity contribution in [2.75, 3.05) is 0 Å². The Bertz CT molecular complexity index is 575. The number of hydrogen-bond acceptors (Lipinski definition) is 2. The van der Waals surface area contributed by atoms with Crippen molar-refractivity contribution < 1.29 is 4.79 Å². The van der Waals surface area contributed by atoms with E-state index < -0.39 is 0 Å². The molecule has 0 saturated heterocycles. The lowest BCUT2D eigenvalue weighted by Gasteiger charge is -2.12. The minimum absolute atomic E-state index is 0.0350. The second-order valence-electron chi connectivity index (χ2n) is 4.92. The van der Waals surface area contributed by atoms with Crippen LogP contribution in [0.3, 0.4) is 0 Å². The van der Waals surface area contributed by atoms with Crippen LogP contribution in [0.5, 0.6) is 0 Å². The van der Waals surface area contributed by atoms with E-state index in [2.05, 4.69) is 36.4 Å². The molecular weight excluding hydrogens is 276 g/mol. The van der Waals surface area contributed by atoms with Gasteiger partial charge in [0, 0.05) is 4.90 Å². The fraction of sp³-hybridized carbons (Fsp3) is 0.211. The van der Waals surface area contributed by atoms with E-state index in [1.807, 2.05) is 36.4 Å². The first-order valence-corrected chi connectivity index (χ1v) is 8.07. The first-order valence-electron chi connectivity index (χ1n) is 7.19. The van der Waals surface area contributed by atoms with Crippen molar-refractivity contribution in [2.24, 2.45) is 0 Å². The summed E-state index contributed by atoms with van der Waals surface area (Å²) in [5, 5.41) is 0.0350. The van der Waals surface area contributed by atoms with Gasteiger partial charge in [0.05, 0.1) is 5.25 Å². The minimum atomic E-state index is 0.0350. The zero-order valence-electron chi connectivity index (χ0n) is 12.2. The van der Waals surface area contributed by atoms with Gasteiger partial charge in [-0.25, -0.2) is 0 Å². The molecule has 21 heavy (non-hydrogen) atoms. The monoisotopic (exact) mass is 296 g/mol. The number of carbonyl (C=O) groups is 1. The van der Waals surface area contributed by atoms with Crippen molar-refractivity contribution in [3.05, 3.63) is 72.3 Å². The maximum atomic E-state index is 11.8. The SMILES string of the molecule is CC(=O)C(CC/C=C/c1ccccc1)Sc1ccccc1. The van der Waals surface area contributed by atoms with Gasteiger partial charge < -0.3 is 0 Å². The van der Waals surface area contributed by atoms with Gasteiger partial charge in [0.2, 0.25) is 0 Å². The van der Waals surface area contributed by atoms with Crippen LogP contribution in [0.25, 0.3) is 6.08 Å². The Kier molecular flexibility index (Phi) is 6.29. The highest BCUT2D eigenvalue weighted by Gasteiger charge is 2.14. The molecule has 0 fully saturated rings. The van der Waals surface area contributed by atoms with Crippen molar-refractivity contribution >= 4 is 23.6 Å². The number of allylic oxidation sites excluding steroid dienone is 1. The zero-order chi connectivity index (χ0) is 14.9. The van der Waals surface area contributed by atoms with Crippen molar-refractivity contribution in [3.63, 3.8) is 0 Å². The van der Waals surface area contributed by atoms with Gasteiger partial charge in [0.15, 0.2) is 0 Å². The van der Waals surface area contributed by atoms with E-state index in [0.29, 0.717) is 0 Å². The molecule has 1 nitrogen and oxygen atoms in total. The van der Waals surface area contributed by atoms with Crippen molar-refractivity contribution in [1.29, 1.82) is 0 Å². The van der Waals surface area contributed by atoms with Crippen LogP contribution >= 0.6 is 11.8 Å². The van der Waals surface area contributed by atoms with Crippen LogP contribution in [-0.2, 0) is 4.79 Å². The van der Waals surface area contributed by atoms with Crippen LogP contribution < -0.4 is 0 Å². The quantitative estimate of drug-likeness (QED) is 0.651.